The first-order chi connectivity index (χ1) is 7.35. The lowest BCUT2D eigenvalue weighted by Gasteiger charge is -2.28. The summed E-state index contributed by atoms with van der Waals surface area (Å²) in [6.45, 7) is 6.67. The van der Waals surface area contributed by atoms with Crippen LogP contribution in [-0.2, 0) is 4.74 Å². The van der Waals surface area contributed by atoms with Gasteiger partial charge in [0.2, 0.25) is 0 Å². The molecule has 2 fully saturated rings. The van der Waals surface area contributed by atoms with Crippen LogP contribution in [0.1, 0.15) is 26.2 Å². The van der Waals surface area contributed by atoms with Crippen LogP contribution in [0.3, 0.4) is 0 Å². The van der Waals surface area contributed by atoms with Crippen LogP contribution >= 0.6 is 0 Å². The highest BCUT2D eigenvalue weighted by molar-refractivity contribution is 4.86. The highest BCUT2D eigenvalue weighted by Crippen LogP contribution is 2.23. The van der Waals surface area contributed by atoms with Gasteiger partial charge in [-0.05, 0) is 32.9 Å². The Kier molecular flexibility index (Phi) is 4.00. The van der Waals surface area contributed by atoms with E-state index >= 15 is 0 Å². The van der Waals surface area contributed by atoms with E-state index in [9.17, 15) is 0 Å². The molecule has 1 N–H and O–H groups in total. The summed E-state index contributed by atoms with van der Waals surface area (Å²) in [5.41, 5.74) is 0. The maximum absolute atomic E-state index is 5.55. The zero-order valence-corrected chi connectivity index (χ0v) is 10.0. The van der Waals surface area contributed by atoms with Gasteiger partial charge in [0.1, 0.15) is 0 Å². The van der Waals surface area contributed by atoms with Crippen LogP contribution in [0, 0.1) is 5.92 Å². The van der Waals surface area contributed by atoms with E-state index in [0.29, 0.717) is 12.0 Å². The second-order valence-electron chi connectivity index (χ2n) is 4.89. The van der Waals surface area contributed by atoms with Gasteiger partial charge >= 0.3 is 0 Å². The number of ether oxygens (including phenoxy) is 1. The van der Waals surface area contributed by atoms with E-state index in [4.69, 9.17) is 4.74 Å². The van der Waals surface area contributed by atoms with Gasteiger partial charge in [-0.2, -0.15) is 0 Å². The molecule has 2 saturated heterocycles. The molecule has 0 aromatic heterocycles. The first-order valence-corrected chi connectivity index (χ1v) is 6.34. The van der Waals surface area contributed by atoms with Crippen LogP contribution in [-0.4, -0.2) is 50.3 Å². The van der Waals surface area contributed by atoms with E-state index in [0.717, 1.165) is 19.3 Å². The zero-order valence-electron chi connectivity index (χ0n) is 10.0. The first kappa shape index (κ1) is 11.4. The molecule has 15 heavy (non-hydrogen) atoms. The van der Waals surface area contributed by atoms with Crippen molar-refractivity contribution in [2.24, 2.45) is 5.92 Å². The fourth-order valence-corrected chi connectivity index (χ4v) is 3.00. The van der Waals surface area contributed by atoms with E-state index in [-0.39, 0.29) is 0 Å². The van der Waals surface area contributed by atoms with Crippen LogP contribution in [0.5, 0.6) is 0 Å². The average Bonchev–Trinajstić information content (AvgIpc) is 2.87. The second kappa shape index (κ2) is 5.28. The summed E-state index contributed by atoms with van der Waals surface area (Å²) in [5.74, 6) is 0.696. The lowest BCUT2D eigenvalue weighted by atomic mass is 10.0. The highest BCUT2D eigenvalue weighted by atomic mass is 16.5. The van der Waals surface area contributed by atoms with Gasteiger partial charge in [0.25, 0.3) is 0 Å². The number of hydrogen-bond donors (Lipinski definition) is 1. The van der Waals surface area contributed by atoms with Gasteiger partial charge in [-0.3, -0.25) is 4.90 Å². The molecule has 88 valence electrons. The van der Waals surface area contributed by atoms with Gasteiger partial charge in [0.05, 0.1) is 13.2 Å². The monoisotopic (exact) mass is 212 g/mol. The summed E-state index contributed by atoms with van der Waals surface area (Å²) in [6.07, 6.45) is 4.09. The summed E-state index contributed by atoms with van der Waals surface area (Å²) >= 11 is 0. The summed E-state index contributed by atoms with van der Waals surface area (Å²) in [7, 11) is 2.05. The summed E-state index contributed by atoms with van der Waals surface area (Å²) in [4.78, 5) is 2.67. The normalized spacial score (nSPS) is 37.6. The molecule has 0 aromatic rings. The maximum Gasteiger partial charge on any atom is 0.0623 e. The Morgan fingerprint density at radius 2 is 2.27 bits per heavy atom. The summed E-state index contributed by atoms with van der Waals surface area (Å²) in [6, 6.07) is 1.41. The molecule has 3 nitrogen and oxygen atoms in total. The van der Waals surface area contributed by atoms with Crippen LogP contribution < -0.4 is 5.32 Å². The predicted octanol–water partition coefficient (Wildman–Crippen LogP) is 1.10. The number of nitrogens with one attached hydrogen (secondary N) is 1. The Hall–Kier alpha value is -0.120. The van der Waals surface area contributed by atoms with Gasteiger partial charge in [0, 0.05) is 24.5 Å². The van der Waals surface area contributed by atoms with Gasteiger partial charge in [0.15, 0.2) is 0 Å². The Labute approximate surface area is 93.2 Å². The molecule has 0 amide bonds. The number of nitrogens with zero attached hydrogens (tertiary/aromatic N) is 1. The number of rotatable bonds is 4. The van der Waals surface area contributed by atoms with E-state index in [1.807, 2.05) is 7.05 Å². The predicted molar refractivity (Wildman–Crippen MR) is 62.0 cm³/mol. The van der Waals surface area contributed by atoms with Crippen molar-refractivity contribution in [3.8, 4) is 0 Å². The molecule has 2 aliphatic rings. The van der Waals surface area contributed by atoms with Crippen LogP contribution in [0.4, 0.5) is 0 Å². The molecule has 3 heteroatoms. The molecule has 2 heterocycles. The third-order valence-electron chi connectivity index (χ3n) is 4.01. The molecule has 0 aromatic carbocycles. The third kappa shape index (κ3) is 2.52. The smallest absolute Gasteiger partial charge is 0.0623 e. The Balaban J connectivity index is 1.84. The van der Waals surface area contributed by atoms with E-state index in [1.54, 1.807) is 0 Å². The lowest BCUT2D eigenvalue weighted by molar-refractivity contribution is 0.161. The summed E-state index contributed by atoms with van der Waals surface area (Å²) in [5, 5.41) is 3.37. The van der Waals surface area contributed by atoms with Gasteiger partial charge in [-0.15, -0.1) is 0 Å². The molecule has 2 rings (SSSR count). The molecule has 0 radical (unpaired) electrons. The molecular formula is C12H24N2O. The quantitative estimate of drug-likeness (QED) is 0.755. The second-order valence-corrected chi connectivity index (χ2v) is 4.89. The average molecular weight is 212 g/mol. The van der Waals surface area contributed by atoms with Gasteiger partial charge in [-0.1, -0.05) is 6.92 Å². The molecule has 0 saturated carbocycles. The third-order valence-corrected chi connectivity index (χ3v) is 4.01. The lowest BCUT2D eigenvalue weighted by Crippen LogP contribution is -2.41. The Bertz CT molecular complexity index is 178. The van der Waals surface area contributed by atoms with E-state index in [1.165, 1.54) is 32.4 Å². The van der Waals surface area contributed by atoms with Crippen LogP contribution in [0.25, 0.3) is 0 Å². The highest BCUT2D eigenvalue weighted by Gasteiger charge is 2.32. The topological polar surface area (TPSA) is 24.5 Å². The van der Waals surface area contributed by atoms with Crippen molar-refractivity contribution < 1.29 is 4.74 Å². The van der Waals surface area contributed by atoms with Crippen LogP contribution in [0.15, 0.2) is 0 Å². The SMILES string of the molecule is CCC1CCCN1CC1COCC1NC. The molecular weight excluding hydrogens is 188 g/mol. The van der Waals surface area contributed by atoms with Crippen molar-refractivity contribution in [3.05, 3.63) is 0 Å². The fourth-order valence-electron chi connectivity index (χ4n) is 3.00. The van der Waals surface area contributed by atoms with Crippen molar-refractivity contribution in [2.75, 3.05) is 33.4 Å². The van der Waals surface area contributed by atoms with Crippen molar-refractivity contribution in [1.29, 1.82) is 0 Å². The number of likely N-dealkylation sites (tertiary alicyclic amines) is 1. The zero-order chi connectivity index (χ0) is 10.7. The number of hydrogen-bond acceptors (Lipinski definition) is 3. The van der Waals surface area contributed by atoms with Crippen molar-refractivity contribution >= 4 is 0 Å². The van der Waals surface area contributed by atoms with Gasteiger partial charge < -0.3 is 10.1 Å². The molecule has 0 aliphatic carbocycles. The first-order valence-electron chi connectivity index (χ1n) is 6.34. The van der Waals surface area contributed by atoms with E-state index < -0.39 is 0 Å². The minimum atomic E-state index is 0.572. The van der Waals surface area contributed by atoms with E-state index in [2.05, 4.69) is 17.1 Å². The molecule has 3 unspecified atom stereocenters. The van der Waals surface area contributed by atoms with Crippen molar-refractivity contribution in [3.63, 3.8) is 0 Å². The minimum absolute atomic E-state index is 0.572. The maximum atomic E-state index is 5.55. The molecule has 2 aliphatic heterocycles. The molecule has 0 spiro atoms. The number of likely N-dealkylation sites (N-methyl/N-ethyl adjacent to an activating group) is 1. The Morgan fingerprint density at radius 1 is 1.40 bits per heavy atom. The van der Waals surface area contributed by atoms with Crippen molar-refractivity contribution in [1.82, 2.24) is 10.2 Å². The summed E-state index contributed by atoms with van der Waals surface area (Å²) < 4.78 is 5.55. The van der Waals surface area contributed by atoms with Gasteiger partial charge in [-0.25, -0.2) is 0 Å². The molecule has 0 bridgehead atoms. The minimum Gasteiger partial charge on any atom is -0.379 e. The molecule has 3 atom stereocenters. The van der Waals surface area contributed by atoms with Crippen LogP contribution in [0.2, 0.25) is 0 Å². The Morgan fingerprint density at radius 3 is 3.00 bits per heavy atom. The standard InChI is InChI=1S/C12H24N2O/c1-3-11-5-4-6-14(11)7-10-8-15-9-12(10)13-2/h10-13H,3-9H2,1-2H3. The fraction of sp³-hybridized carbons (Fsp3) is 1.00. The largest absolute Gasteiger partial charge is 0.379 e. The van der Waals surface area contributed by atoms with Crippen molar-refractivity contribution in [2.45, 2.75) is 38.3 Å².